The average molecular weight is 379 g/mol. The van der Waals surface area contributed by atoms with E-state index in [0.29, 0.717) is 10.7 Å². The Labute approximate surface area is 161 Å². The number of H-pyrrole nitrogens is 1. The van der Waals surface area contributed by atoms with Gasteiger partial charge in [-0.25, -0.2) is 4.98 Å². The minimum absolute atomic E-state index is 0.175. The van der Waals surface area contributed by atoms with Crippen molar-refractivity contribution in [1.29, 1.82) is 0 Å². The molecule has 4 rings (SSSR count). The van der Waals surface area contributed by atoms with Crippen LogP contribution < -0.4 is 5.32 Å². The van der Waals surface area contributed by atoms with Gasteiger partial charge in [-0.15, -0.1) is 11.3 Å². The Hall–Kier alpha value is -2.93. The lowest BCUT2D eigenvalue weighted by molar-refractivity contribution is 0.102. The fourth-order valence-electron chi connectivity index (χ4n) is 3.32. The molecule has 0 aliphatic carbocycles. The van der Waals surface area contributed by atoms with Crippen LogP contribution in [0.1, 0.15) is 35.1 Å². The van der Waals surface area contributed by atoms with Crippen molar-refractivity contribution < 1.29 is 4.79 Å². The number of aromatic amines is 1. The van der Waals surface area contributed by atoms with Crippen LogP contribution in [0.2, 0.25) is 0 Å². The van der Waals surface area contributed by atoms with Crippen LogP contribution in [0.4, 0.5) is 5.13 Å². The van der Waals surface area contributed by atoms with Crippen molar-refractivity contribution in [3.8, 4) is 11.3 Å². The number of para-hydroxylation sites is 1. The smallest absolute Gasteiger partial charge is 0.260 e. The largest absolute Gasteiger partial charge is 0.358 e. The number of carbonyl (C=O) groups is 1. The van der Waals surface area contributed by atoms with E-state index in [9.17, 15) is 4.79 Å². The van der Waals surface area contributed by atoms with Gasteiger partial charge in [-0.2, -0.15) is 5.10 Å². The highest BCUT2D eigenvalue weighted by atomic mass is 32.1. The van der Waals surface area contributed by atoms with Crippen molar-refractivity contribution in [1.82, 2.24) is 19.7 Å². The molecule has 1 aromatic carbocycles. The van der Waals surface area contributed by atoms with E-state index in [1.54, 1.807) is 6.20 Å². The highest BCUT2D eigenvalue weighted by Crippen LogP contribution is 2.34. The number of hydrogen-bond donors (Lipinski definition) is 2. The summed E-state index contributed by atoms with van der Waals surface area (Å²) in [6.07, 6.45) is 2.60. The van der Waals surface area contributed by atoms with Gasteiger partial charge in [0.15, 0.2) is 5.13 Å². The molecular weight excluding hydrogens is 358 g/mol. The SMILES string of the molecule is CCCn1ncc(C(=O)Nc2nc(-c3c(C)[nH]c4ccccc34)cs2)c1C. The van der Waals surface area contributed by atoms with Crippen LogP contribution in [-0.4, -0.2) is 25.7 Å². The number of carbonyl (C=O) groups excluding carboxylic acids is 1. The molecule has 27 heavy (non-hydrogen) atoms. The molecule has 3 heterocycles. The maximum absolute atomic E-state index is 12.6. The number of anilines is 1. The molecule has 0 saturated carbocycles. The van der Waals surface area contributed by atoms with Crippen LogP contribution in [0.25, 0.3) is 22.2 Å². The third-order valence-corrected chi connectivity index (χ3v) is 5.42. The first-order chi connectivity index (χ1) is 13.1. The summed E-state index contributed by atoms with van der Waals surface area (Å²) >= 11 is 1.43. The minimum atomic E-state index is -0.175. The van der Waals surface area contributed by atoms with Gasteiger partial charge in [-0.3, -0.25) is 14.8 Å². The molecule has 4 aromatic rings. The number of fused-ring (bicyclic) bond motifs is 1. The quantitative estimate of drug-likeness (QED) is 0.524. The topological polar surface area (TPSA) is 75.6 Å². The maximum Gasteiger partial charge on any atom is 0.260 e. The van der Waals surface area contributed by atoms with E-state index in [-0.39, 0.29) is 5.91 Å². The van der Waals surface area contributed by atoms with Gasteiger partial charge >= 0.3 is 0 Å². The number of benzene rings is 1. The molecule has 138 valence electrons. The molecule has 0 fully saturated rings. The monoisotopic (exact) mass is 379 g/mol. The second-order valence-electron chi connectivity index (χ2n) is 6.53. The fraction of sp³-hybridized carbons (Fsp3) is 0.250. The Balaban J connectivity index is 1.60. The summed E-state index contributed by atoms with van der Waals surface area (Å²) in [6, 6.07) is 8.16. The Morgan fingerprint density at radius 2 is 2.11 bits per heavy atom. The first-order valence-corrected chi connectivity index (χ1v) is 9.83. The van der Waals surface area contributed by atoms with Crippen molar-refractivity contribution >= 4 is 33.3 Å². The molecule has 0 aliphatic heterocycles. The van der Waals surface area contributed by atoms with Gasteiger partial charge in [0, 0.05) is 39.8 Å². The summed E-state index contributed by atoms with van der Waals surface area (Å²) in [5.41, 5.74) is 5.55. The summed E-state index contributed by atoms with van der Waals surface area (Å²) in [5.74, 6) is -0.175. The predicted octanol–water partition coefficient (Wildman–Crippen LogP) is 4.77. The number of aryl methyl sites for hydroxylation is 2. The summed E-state index contributed by atoms with van der Waals surface area (Å²) < 4.78 is 1.86. The number of amides is 1. The molecule has 0 radical (unpaired) electrons. The average Bonchev–Trinajstić information content (AvgIpc) is 3.32. The van der Waals surface area contributed by atoms with Crippen LogP contribution in [0.3, 0.4) is 0 Å². The zero-order valence-electron chi connectivity index (χ0n) is 15.5. The standard InChI is InChI=1S/C20H21N5OS/c1-4-9-25-13(3)15(10-21-25)19(26)24-20-23-17(11-27-20)18-12(2)22-16-8-6-5-7-14(16)18/h5-8,10-11,22H,4,9H2,1-3H3,(H,23,24,26). The molecule has 0 atom stereocenters. The van der Waals surface area contributed by atoms with E-state index >= 15 is 0 Å². The van der Waals surface area contributed by atoms with Crippen LogP contribution in [0, 0.1) is 13.8 Å². The number of nitrogens with zero attached hydrogens (tertiary/aromatic N) is 3. The minimum Gasteiger partial charge on any atom is -0.358 e. The van der Waals surface area contributed by atoms with E-state index in [1.807, 2.05) is 36.0 Å². The molecule has 0 spiro atoms. The molecule has 0 bridgehead atoms. The van der Waals surface area contributed by atoms with E-state index in [1.165, 1.54) is 11.3 Å². The summed E-state index contributed by atoms with van der Waals surface area (Å²) in [4.78, 5) is 20.7. The zero-order chi connectivity index (χ0) is 19.0. The van der Waals surface area contributed by atoms with Gasteiger partial charge in [0.05, 0.1) is 17.5 Å². The Morgan fingerprint density at radius 1 is 1.30 bits per heavy atom. The van der Waals surface area contributed by atoms with Crippen LogP contribution >= 0.6 is 11.3 Å². The summed E-state index contributed by atoms with van der Waals surface area (Å²) in [6.45, 7) is 6.85. The lowest BCUT2D eigenvalue weighted by Gasteiger charge is -2.03. The van der Waals surface area contributed by atoms with Crippen molar-refractivity contribution in [2.45, 2.75) is 33.7 Å². The summed E-state index contributed by atoms with van der Waals surface area (Å²) in [5, 5.41) is 10.9. The molecule has 0 saturated heterocycles. The lowest BCUT2D eigenvalue weighted by Crippen LogP contribution is -2.13. The number of rotatable bonds is 5. The maximum atomic E-state index is 12.6. The zero-order valence-corrected chi connectivity index (χ0v) is 16.4. The second-order valence-corrected chi connectivity index (χ2v) is 7.39. The summed E-state index contributed by atoms with van der Waals surface area (Å²) in [7, 11) is 0. The number of aromatic nitrogens is 4. The molecular formula is C20H21N5OS. The lowest BCUT2D eigenvalue weighted by atomic mass is 10.1. The van der Waals surface area contributed by atoms with Crippen molar-refractivity contribution in [3.63, 3.8) is 0 Å². The van der Waals surface area contributed by atoms with Crippen LogP contribution in [0.5, 0.6) is 0 Å². The Morgan fingerprint density at radius 3 is 2.93 bits per heavy atom. The first-order valence-electron chi connectivity index (χ1n) is 8.95. The molecule has 7 heteroatoms. The van der Waals surface area contributed by atoms with Gasteiger partial charge in [-0.05, 0) is 26.3 Å². The van der Waals surface area contributed by atoms with E-state index in [0.717, 1.165) is 46.5 Å². The third-order valence-electron chi connectivity index (χ3n) is 4.66. The van der Waals surface area contributed by atoms with Crippen molar-refractivity contribution in [2.24, 2.45) is 0 Å². The van der Waals surface area contributed by atoms with E-state index < -0.39 is 0 Å². The third kappa shape index (κ3) is 3.14. The Kier molecular flexibility index (Phi) is 4.53. The van der Waals surface area contributed by atoms with Gasteiger partial charge in [-0.1, -0.05) is 25.1 Å². The van der Waals surface area contributed by atoms with Gasteiger partial charge < -0.3 is 4.98 Å². The first kappa shape index (κ1) is 17.5. The molecule has 2 N–H and O–H groups in total. The van der Waals surface area contributed by atoms with Crippen molar-refractivity contribution in [2.75, 3.05) is 5.32 Å². The number of thiazole rings is 1. The van der Waals surface area contributed by atoms with Crippen LogP contribution in [0.15, 0.2) is 35.8 Å². The fourth-order valence-corrected chi connectivity index (χ4v) is 4.02. The normalized spacial score (nSPS) is 11.2. The number of nitrogens with one attached hydrogen (secondary N) is 2. The van der Waals surface area contributed by atoms with E-state index in [2.05, 4.69) is 39.4 Å². The van der Waals surface area contributed by atoms with Gasteiger partial charge in [0.25, 0.3) is 5.91 Å². The van der Waals surface area contributed by atoms with Crippen molar-refractivity contribution in [3.05, 3.63) is 52.8 Å². The Bertz CT molecular complexity index is 1120. The second kappa shape index (κ2) is 7.00. The highest BCUT2D eigenvalue weighted by molar-refractivity contribution is 7.14. The van der Waals surface area contributed by atoms with E-state index in [4.69, 9.17) is 0 Å². The van der Waals surface area contributed by atoms with Crippen LogP contribution in [-0.2, 0) is 6.54 Å². The van der Waals surface area contributed by atoms with Gasteiger partial charge in [0.2, 0.25) is 0 Å². The van der Waals surface area contributed by atoms with Gasteiger partial charge in [0.1, 0.15) is 0 Å². The molecule has 1 amide bonds. The molecule has 0 unspecified atom stereocenters. The molecule has 3 aromatic heterocycles. The highest BCUT2D eigenvalue weighted by Gasteiger charge is 2.17. The number of hydrogen-bond acceptors (Lipinski definition) is 4. The predicted molar refractivity (Wildman–Crippen MR) is 109 cm³/mol. The molecule has 0 aliphatic rings. The molecule has 6 nitrogen and oxygen atoms in total.